The molecule has 2 N–H and O–H groups in total. The minimum atomic E-state index is -4.55. The quantitative estimate of drug-likeness (QED) is 0.230. The Morgan fingerprint density at radius 3 is 1.85 bits per heavy atom. The highest BCUT2D eigenvalue weighted by Crippen LogP contribution is 2.33. The number of benzene rings is 4. The number of carbonyl (C=O) groups excluding carboxylic acids is 1. The third kappa shape index (κ3) is 6.71. The molecule has 4 aromatic rings. The van der Waals surface area contributed by atoms with Crippen LogP contribution in [0.15, 0.2) is 84.9 Å². The van der Waals surface area contributed by atoms with Crippen molar-refractivity contribution in [2.75, 3.05) is 0 Å². The van der Waals surface area contributed by atoms with Gasteiger partial charge in [0.25, 0.3) is 5.91 Å². The molecule has 208 valence electrons. The number of nitrogens with one attached hydrogen (secondary N) is 1. The number of carbonyl (C=O) groups is 2. The van der Waals surface area contributed by atoms with Crippen molar-refractivity contribution in [3.8, 4) is 5.75 Å². The highest BCUT2D eigenvalue weighted by molar-refractivity contribution is 6.04. The van der Waals surface area contributed by atoms with E-state index < -0.39 is 41.4 Å². The molecule has 0 saturated carbocycles. The van der Waals surface area contributed by atoms with Gasteiger partial charge in [0.15, 0.2) is 0 Å². The maximum atomic E-state index is 13.2. The summed E-state index contributed by atoms with van der Waals surface area (Å²) in [5.41, 5.74) is -1.08. The van der Waals surface area contributed by atoms with Gasteiger partial charge in [-0.05, 0) is 46.8 Å². The lowest BCUT2D eigenvalue weighted by Crippen LogP contribution is -2.42. The minimum absolute atomic E-state index is 0.0238. The first-order chi connectivity index (χ1) is 18.8. The third-order valence-electron chi connectivity index (χ3n) is 6.11. The Morgan fingerprint density at radius 1 is 0.750 bits per heavy atom. The van der Waals surface area contributed by atoms with Crippen LogP contribution in [0.1, 0.15) is 32.6 Å². The molecule has 1 unspecified atom stereocenters. The van der Waals surface area contributed by atoms with E-state index in [1.54, 1.807) is 30.3 Å². The van der Waals surface area contributed by atoms with Crippen molar-refractivity contribution in [1.82, 2.24) is 5.32 Å². The number of ether oxygens (including phenoxy) is 1. The lowest BCUT2D eigenvalue weighted by atomic mass is 10.0. The number of alkyl halides is 6. The molecule has 1 amide bonds. The van der Waals surface area contributed by atoms with Gasteiger partial charge in [0.05, 0.1) is 16.7 Å². The van der Waals surface area contributed by atoms with Gasteiger partial charge in [-0.25, -0.2) is 4.79 Å². The molecule has 0 fully saturated rings. The van der Waals surface area contributed by atoms with Crippen molar-refractivity contribution in [2.45, 2.75) is 31.4 Å². The number of halogens is 6. The summed E-state index contributed by atoms with van der Waals surface area (Å²) in [5, 5.41) is 13.3. The summed E-state index contributed by atoms with van der Waals surface area (Å²) < 4.78 is 83.1. The van der Waals surface area contributed by atoms with Gasteiger partial charge in [0.2, 0.25) is 0 Å². The Balaban J connectivity index is 1.57. The molecule has 0 saturated heterocycles. The molecule has 0 aliphatic heterocycles. The average Bonchev–Trinajstić information content (AvgIpc) is 2.90. The largest absolute Gasteiger partial charge is 0.487 e. The number of carboxylic acids is 1. The normalized spacial score (nSPS) is 12.7. The number of hydrogen-bond donors (Lipinski definition) is 2. The number of hydrogen-bond acceptors (Lipinski definition) is 3. The number of amides is 1. The molecule has 11 heteroatoms. The van der Waals surface area contributed by atoms with E-state index in [9.17, 15) is 41.0 Å². The smallest absolute Gasteiger partial charge is 0.416 e. The maximum absolute atomic E-state index is 13.2. The van der Waals surface area contributed by atoms with Gasteiger partial charge in [-0.1, -0.05) is 54.6 Å². The Hall–Kier alpha value is -4.54. The van der Waals surface area contributed by atoms with Crippen molar-refractivity contribution in [3.05, 3.63) is 113 Å². The van der Waals surface area contributed by atoms with Gasteiger partial charge in [-0.15, -0.1) is 0 Å². The lowest BCUT2D eigenvalue weighted by molar-refractivity contribution is -0.139. The first kappa shape index (κ1) is 28.5. The van der Waals surface area contributed by atoms with Crippen molar-refractivity contribution in [1.29, 1.82) is 0 Å². The van der Waals surface area contributed by atoms with Crippen LogP contribution in [0.4, 0.5) is 26.3 Å². The van der Waals surface area contributed by atoms with E-state index in [2.05, 4.69) is 5.32 Å². The Labute approximate surface area is 224 Å². The second-order valence-electron chi connectivity index (χ2n) is 8.91. The summed E-state index contributed by atoms with van der Waals surface area (Å²) in [5.74, 6) is -2.12. The van der Waals surface area contributed by atoms with Crippen LogP contribution < -0.4 is 10.1 Å². The van der Waals surface area contributed by atoms with Gasteiger partial charge >= 0.3 is 18.3 Å². The van der Waals surface area contributed by atoms with Gasteiger partial charge < -0.3 is 15.2 Å². The molecule has 0 radical (unpaired) electrons. The number of rotatable bonds is 8. The summed E-state index contributed by atoms with van der Waals surface area (Å²) in [4.78, 5) is 25.1. The SMILES string of the molecule is O=C(NC(Cc1ccc(C(F)(F)F)cc1)C(=O)O)c1ccc2ccccc2c1OCc1ccc(C(F)(F)F)cc1. The molecule has 1 atom stereocenters. The third-order valence-corrected chi connectivity index (χ3v) is 6.11. The van der Waals surface area contributed by atoms with E-state index in [1.807, 2.05) is 0 Å². The van der Waals surface area contributed by atoms with E-state index in [1.165, 1.54) is 18.2 Å². The topological polar surface area (TPSA) is 75.6 Å². The fourth-order valence-corrected chi connectivity index (χ4v) is 4.02. The second-order valence-corrected chi connectivity index (χ2v) is 8.91. The summed E-state index contributed by atoms with van der Waals surface area (Å²) in [6.07, 6.45) is -9.33. The van der Waals surface area contributed by atoms with Gasteiger partial charge in [-0.2, -0.15) is 26.3 Å². The zero-order valence-electron chi connectivity index (χ0n) is 20.5. The summed E-state index contributed by atoms with van der Waals surface area (Å²) in [7, 11) is 0. The number of carboxylic acid groups (broad SMARTS) is 1. The first-order valence-corrected chi connectivity index (χ1v) is 11.8. The molecule has 4 aromatic carbocycles. The lowest BCUT2D eigenvalue weighted by Gasteiger charge is -2.18. The summed E-state index contributed by atoms with van der Waals surface area (Å²) >= 11 is 0. The molecule has 0 aliphatic carbocycles. The second kappa shape index (κ2) is 11.3. The highest BCUT2D eigenvalue weighted by Gasteiger charge is 2.31. The predicted molar refractivity (Wildman–Crippen MR) is 134 cm³/mol. The molecule has 4 rings (SSSR count). The van der Waals surface area contributed by atoms with Crippen LogP contribution >= 0.6 is 0 Å². The van der Waals surface area contributed by atoms with Crippen LogP contribution in [0.3, 0.4) is 0 Å². The summed E-state index contributed by atoms with van der Waals surface area (Å²) in [6, 6.07) is 16.7. The molecule has 0 heterocycles. The fraction of sp³-hybridized carbons (Fsp3) is 0.172. The van der Waals surface area contributed by atoms with Gasteiger partial charge in [-0.3, -0.25) is 4.79 Å². The van der Waals surface area contributed by atoms with Crippen LogP contribution in [-0.2, 0) is 30.2 Å². The van der Waals surface area contributed by atoms with Crippen LogP contribution in [0, 0.1) is 0 Å². The zero-order valence-corrected chi connectivity index (χ0v) is 20.5. The van der Waals surface area contributed by atoms with Crippen LogP contribution in [0.2, 0.25) is 0 Å². The Bertz CT molecular complexity index is 1510. The van der Waals surface area contributed by atoms with E-state index in [0.717, 1.165) is 36.4 Å². The number of fused-ring (bicyclic) bond motifs is 1. The minimum Gasteiger partial charge on any atom is -0.487 e. The molecule has 0 aromatic heterocycles. The van der Waals surface area contributed by atoms with E-state index >= 15 is 0 Å². The highest BCUT2D eigenvalue weighted by atomic mass is 19.4. The molecule has 5 nitrogen and oxygen atoms in total. The Kier molecular flexibility index (Phi) is 8.03. The predicted octanol–water partition coefficient (Wildman–Crippen LogP) is 6.88. The van der Waals surface area contributed by atoms with Gasteiger partial charge in [0.1, 0.15) is 18.4 Å². The molecular weight excluding hydrogens is 540 g/mol. The molecule has 0 aliphatic rings. The fourth-order valence-electron chi connectivity index (χ4n) is 4.02. The van der Waals surface area contributed by atoms with E-state index in [4.69, 9.17) is 4.74 Å². The first-order valence-electron chi connectivity index (χ1n) is 11.8. The molecule has 0 bridgehead atoms. The van der Waals surface area contributed by atoms with E-state index in [-0.39, 0.29) is 29.9 Å². The van der Waals surface area contributed by atoms with Crippen LogP contribution in [0.25, 0.3) is 10.8 Å². The maximum Gasteiger partial charge on any atom is 0.416 e. The Morgan fingerprint density at radius 2 is 1.30 bits per heavy atom. The monoisotopic (exact) mass is 561 g/mol. The summed E-state index contributed by atoms with van der Waals surface area (Å²) in [6.45, 7) is -0.180. The van der Waals surface area contributed by atoms with E-state index in [0.29, 0.717) is 16.3 Å². The van der Waals surface area contributed by atoms with Crippen molar-refractivity contribution >= 4 is 22.6 Å². The number of aliphatic carboxylic acids is 1. The van der Waals surface area contributed by atoms with Crippen LogP contribution in [-0.4, -0.2) is 23.0 Å². The molecule has 0 spiro atoms. The zero-order chi connectivity index (χ0) is 29.1. The standard InChI is InChI=1S/C29H21F6NO4/c30-28(31,32)20-10-5-17(6-11-20)15-24(27(38)39)36-26(37)23-14-9-19-3-1-2-4-22(19)25(23)40-16-18-7-12-21(13-8-18)29(33,34)35/h1-14,24H,15-16H2,(H,36,37)(H,38,39). The average molecular weight is 561 g/mol. The van der Waals surface area contributed by atoms with Crippen molar-refractivity contribution < 1.29 is 45.8 Å². The van der Waals surface area contributed by atoms with Crippen molar-refractivity contribution in [3.63, 3.8) is 0 Å². The van der Waals surface area contributed by atoms with Crippen molar-refractivity contribution in [2.24, 2.45) is 0 Å². The molecule has 40 heavy (non-hydrogen) atoms. The van der Waals surface area contributed by atoms with Crippen LogP contribution in [0.5, 0.6) is 5.75 Å². The van der Waals surface area contributed by atoms with Gasteiger partial charge in [0, 0.05) is 11.8 Å². The molecular formula is C29H21F6NO4.